The van der Waals surface area contributed by atoms with E-state index in [0.29, 0.717) is 22.9 Å². The van der Waals surface area contributed by atoms with E-state index in [9.17, 15) is 20.0 Å². The molecule has 0 saturated carbocycles. The molecule has 1 aliphatic heterocycles. The van der Waals surface area contributed by atoms with Crippen molar-refractivity contribution in [3.8, 4) is 11.5 Å². The molecule has 0 fully saturated rings. The van der Waals surface area contributed by atoms with Gasteiger partial charge in [-0.3, -0.25) is 14.9 Å². The molecule has 26 heavy (non-hydrogen) atoms. The number of phenols is 1. The number of ketones is 1. The van der Waals surface area contributed by atoms with Crippen molar-refractivity contribution < 1.29 is 19.6 Å². The van der Waals surface area contributed by atoms with E-state index in [4.69, 9.17) is 17.0 Å². The zero-order valence-corrected chi connectivity index (χ0v) is 15.8. The van der Waals surface area contributed by atoms with E-state index < -0.39 is 11.0 Å². The number of benzene rings is 1. The largest absolute Gasteiger partial charge is 0.504 e. The van der Waals surface area contributed by atoms with Gasteiger partial charge in [0.05, 0.1) is 24.1 Å². The van der Waals surface area contributed by atoms with E-state index >= 15 is 0 Å². The van der Waals surface area contributed by atoms with Gasteiger partial charge in [0.2, 0.25) is 0 Å². The van der Waals surface area contributed by atoms with Gasteiger partial charge in [-0.25, -0.2) is 0 Å². The molecule has 0 aliphatic carbocycles. The van der Waals surface area contributed by atoms with Gasteiger partial charge in [0.15, 0.2) is 22.4 Å². The van der Waals surface area contributed by atoms with Gasteiger partial charge in [0, 0.05) is 29.4 Å². The number of carbonyl (C=O) groups is 1. The molecule has 1 aromatic rings. The molecule has 1 aliphatic rings. The van der Waals surface area contributed by atoms with Crippen LogP contribution in [-0.2, 0) is 4.79 Å². The summed E-state index contributed by atoms with van der Waals surface area (Å²) in [6, 6.07) is 1.55. The van der Waals surface area contributed by atoms with Crippen molar-refractivity contribution in [3.63, 3.8) is 0 Å². The molecule has 1 aromatic carbocycles. The molecule has 1 atom stereocenters. The highest BCUT2D eigenvalue weighted by atomic mass is 32.1. The summed E-state index contributed by atoms with van der Waals surface area (Å²) >= 11 is 5.40. The van der Waals surface area contributed by atoms with Crippen molar-refractivity contribution in [1.82, 2.24) is 10.2 Å². The normalized spacial score (nSPS) is 17.2. The second-order valence-corrected chi connectivity index (χ2v) is 6.32. The highest BCUT2D eigenvalue weighted by Crippen LogP contribution is 2.42. The first kappa shape index (κ1) is 19.6. The number of thiocarbonyl (C=S) groups is 1. The molecule has 8 nitrogen and oxygen atoms in total. The average molecular weight is 379 g/mol. The van der Waals surface area contributed by atoms with Crippen LogP contribution in [0.3, 0.4) is 0 Å². The number of nitro groups is 1. The molecule has 0 bridgehead atoms. The van der Waals surface area contributed by atoms with E-state index in [-0.39, 0.29) is 28.5 Å². The van der Waals surface area contributed by atoms with Crippen LogP contribution in [-0.4, -0.2) is 39.5 Å². The molecule has 1 heterocycles. The number of nitrogens with zero attached hydrogens (tertiary/aromatic N) is 2. The van der Waals surface area contributed by atoms with Crippen LogP contribution in [0.4, 0.5) is 5.69 Å². The summed E-state index contributed by atoms with van der Waals surface area (Å²) in [6.07, 6.45) is 0.824. The number of phenolic OH excluding ortho intramolecular Hbond substituents is 1. The van der Waals surface area contributed by atoms with Crippen LogP contribution >= 0.6 is 12.2 Å². The fraction of sp³-hybridized carbons (Fsp3) is 0.412. The Morgan fingerprint density at radius 1 is 1.50 bits per heavy atom. The molecule has 9 heteroatoms. The van der Waals surface area contributed by atoms with Gasteiger partial charge < -0.3 is 20.1 Å². The summed E-state index contributed by atoms with van der Waals surface area (Å²) in [5, 5.41) is 25.2. The van der Waals surface area contributed by atoms with Crippen molar-refractivity contribution >= 4 is 28.8 Å². The summed E-state index contributed by atoms with van der Waals surface area (Å²) in [7, 11) is 1.30. The lowest BCUT2D eigenvalue weighted by atomic mass is 9.91. The number of methoxy groups -OCH3 is 1. The number of non-ortho nitro benzene ring substituents is 1. The molecule has 1 unspecified atom stereocenters. The second-order valence-electron chi connectivity index (χ2n) is 5.93. The lowest BCUT2D eigenvalue weighted by Gasteiger charge is -2.37. The van der Waals surface area contributed by atoms with Crippen LogP contribution in [0.15, 0.2) is 23.4 Å². The Bertz CT molecular complexity index is 806. The predicted octanol–water partition coefficient (Wildman–Crippen LogP) is 2.81. The molecule has 0 aromatic heterocycles. The van der Waals surface area contributed by atoms with Crippen LogP contribution in [0.5, 0.6) is 11.5 Å². The van der Waals surface area contributed by atoms with Crippen molar-refractivity contribution in [1.29, 1.82) is 0 Å². The first-order valence-corrected chi connectivity index (χ1v) is 8.48. The summed E-state index contributed by atoms with van der Waals surface area (Å²) in [6.45, 7) is 5.81. The third-order valence-corrected chi connectivity index (χ3v) is 4.59. The summed E-state index contributed by atoms with van der Waals surface area (Å²) in [5.74, 6) is -0.527. The minimum Gasteiger partial charge on any atom is -0.504 e. The Balaban J connectivity index is 2.70. The summed E-state index contributed by atoms with van der Waals surface area (Å²) < 4.78 is 5.05. The first-order valence-electron chi connectivity index (χ1n) is 8.07. The SMILES string of the molecule is CCCN1C(=S)NC(c2cc([N+](=O)[O-])cc(OC)c2O)C(C(C)=O)=C1C. The molecular weight excluding hydrogens is 358 g/mol. The molecule has 2 rings (SSSR count). The molecule has 0 radical (unpaired) electrons. The van der Waals surface area contributed by atoms with Gasteiger partial charge in [-0.2, -0.15) is 0 Å². The van der Waals surface area contributed by atoms with Crippen LogP contribution in [0, 0.1) is 10.1 Å². The van der Waals surface area contributed by atoms with Crippen molar-refractivity contribution in [2.24, 2.45) is 0 Å². The fourth-order valence-corrected chi connectivity index (χ4v) is 3.41. The van der Waals surface area contributed by atoms with Crippen molar-refractivity contribution in [2.45, 2.75) is 33.2 Å². The monoisotopic (exact) mass is 379 g/mol. The standard InChI is InChI=1S/C17H21N3O5S/c1-5-6-19-9(2)14(10(3)21)15(18-17(19)26)12-7-11(20(23)24)8-13(25-4)16(12)22/h7-8,15,22H,5-6H2,1-4H3,(H,18,26). The number of Topliss-reactive ketones (excluding diaryl/α,β-unsaturated/α-hetero) is 1. The Labute approximate surface area is 156 Å². The van der Waals surface area contributed by atoms with Gasteiger partial charge in [-0.15, -0.1) is 0 Å². The maximum Gasteiger partial charge on any atom is 0.273 e. The van der Waals surface area contributed by atoms with Gasteiger partial charge >= 0.3 is 0 Å². The number of nitro benzene ring substituents is 1. The minimum atomic E-state index is -0.804. The highest BCUT2D eigenvalue weighted by molar-refractivity contribution is 7.80. The predicted molar refractivity (Wildman–Crippen MR) is 100 cm³/mol. The maximum atomic E-state index is 12.3. The number of aromatic hydroxyl groups is 1. The maximum absolute atomic E-state index is 12.3. The lowest BCUT2D eigenvalue weighted by Crippen LogP contribution is -2.47. The molecule has 0 saturated heterocycles. The number of allylic oxidation sites excluding steroid dienone is 1. The van der Waals surface area contributed by atoms with E-state index in [2.05, 4.69) is 5.32 Å². The van der Waals surface area contributed by atoms with Crippen LogP contribution in [0.25, 0.3) is 0 Å². The quantitative estimate of drug-likeness (QED) is 0.442. The number of carbonyl (C=O) groups excluding carboxylic acids is 1. The molecule has 0 amide bonds. The van der Waals surface area contributed by atoms with E-state index in [1.165, 1.54) is 20.1 Å². The molecular formula is C17H21N3O5S. The number of rotatable bonds is 6. The van der Waals surface area contributed by atoms with Gasteiger partial charge in [-0.05, 0) is 32.5 Å². The van der Waals surface area contributed by atoms with E-state index in [1.54, 1.807) is 6.92 Å². The number of ether oxygens (including phenoxy) is 1. The number of nitrogens with one attached hydrogen (secondary N) is 1. The topological polar surface area (TPSA) is 105 Å². The Morgan fingerprint density at radius 2 is 2.15 bits per heavy atom. The number of hydrogen-bond acceptors (Lipinski definition) is 6. The van der Waals surface area contributed by atoms with Crippen LogP contribution in [0.2, 0.25) is 0 Å². The van der Waals surface area contributed by atoms with Gasteiger partial charge in [-0.1, -0.05) is 6.92 Å². The van der Waals surface area contributed by atoms with Crippen LogP contribution < -0.4 is 10.1 Å². The van der Waals surface area contributed by atoms with E-state index in [0.717, 1.165) is 12.5 Å². The Kier molecular flexibility index (Phi) is 5.81. The zero-order valence-electron chi connectivity index (χ0n) is 15.0. The van der Waals surface area contributed by atoms with E-state index in [1.807, 2.05) is 11.8 Å². The Morgan fingerprint density at radius 3 is 2.65 bits per heavy atom. The molecule has 140 valence electrons. The highest BCUT2D eigenvalue weighted by Gasteiger charge is 2.35. The molecule has 2 N–H and O–H groups in total. The smallest absolute Gasteiger partial charge is 0.273 e. The van der Waals surface area contributed by atoms with Crippen molar-refractivity contribution in [3.05, 3.63) is 39.1 Å². The average Bonchev–Trinajstić information content (AvgIpc) is 2.57. The first-order chi connectivity index (χ1) is 12.2. The fourth-order valence-electron chi connectivity index (χ4n) is 3.06. The third-order valence-electron chi connectivity index (χ3n) is 4.25. The van der Waals surface area contributed by atoms with Crippen LogP contribution in [0.1, 0.15) is 38.8 Å². The second kappa shape index (κ2) is 7.69. The lowest BCUT2D eigenvalue weighted by molar-refractivity contribution is -0.385. The van der Waals surface area contributed by atoms with Gasteiger partial charge in [0.25, 0.3) is 5.69 Å². The Hall–Kier alpha value is -2.68. The number of hydrogen-bond donors (Lipinski definition) is 2. The summed E-state index contributed by atoms with van der Waals surface area (Å²) in [5.41, 5.74) is 0.973. The summed E-state index contributed by atoms with van der Waals surface area (Å²) in [4.78, 5) is 24.8. The molecule has 0 spiro atoms. The minimum absolute atomic E-state index is 0.0431. The third kappa shape index (κ3) is 3.48. The van der Waals surface area contributed by atoms with Crippen molar-refractivity contribution in [2.75, 3.05) is 13.7 Å². The zero-order chi connectivity index (χ0) is 19.6. The van der Waals surface area contributed by atoms with Gasteiger partial charge in [0.1, 0.15) is 0 Å².